The van der Waals surface area contributed by atoms with Crippen LogP contribution in [0.15, 0.2) is 79.3 Å². The Kier molecular flexibility index (Phi) is 14.5. The summed E-state index contributed by atoms with van der Waals surface area (Å²) in [5.41, 5.74) is 2.97. The van der Waals surface area contributed by atoms with E-state index in [9.17, 15) is 44.3 Å². The molecule has 17 heteroatoms. The Labute approximate surface area is 335 Å². The summed E-state index contributed by atoms with van der Waals surface area (Å²) >= 11 is 0. The fourth-order valence-electron chi connectivity index (χ4n) is 6.74. The SMILES string of the molecule is CC[C@H](C)[C@](C(=O)O)(c1cccc2ccccc12)N(C(=O)CC(O)[C@H](Cc1ccc([N+](=O)[O-])cc1)NC(=O)[C@H](Cc1c[nH]cn1)NC(=O)C(C)N)C(=O)OC(C)(C)C. The average molecular weight is 802 g/mol. The maximum Gasteiger partial charge on any atom is 0.418 e. The number of H-pyrrole nitrogens is 1. The number of nitro groups is 1. The Balaban J connectivity index is 1.83. The van der Waals surface area contributed by atoms with Gasteiger partial charge >= 0.3 is 12.1 Å². The molecule has 0 bridgehead atoms. The molecule has 0 spiro atoms. The van der Waals surface area contributed by atoms with Crippen molar-refractivity contribution in [1.82, 2.24) is 25.5 Å². The van der Waals surface area contributed by atoms with Crippen LogP contribution in [0.1, 0.15) is 71.2 Å². The highest BCUT2D eigenvalue weighted by Crippen LogP contribution is 2.43. The number of amides is 4. The number of carboxylic acids is 1. The van der Waals surface area contributed by atoms with Gasteiger partial charge in [-0.2, -0.15) is 0 Å². The molecule has 58 heavy (non-hydrogen) atoms. The van der Waals surface area contributed by atoms with E-state index in [4.69, 9.17) is 10.5 Å². The van der Waals surface area contributed by atoms with E-state index in [2.05, 4.69) is 20.6 Å². The highest BCUT2D eigenvalue weighted by Gasteiger charge is 2.56. The molecule has 0 aliphatic carbocycles. The number of imidazole rings is 1. The van der Waals surface area contributed by atoms with Gasteiger partial charge in [0.1, 0.15) is 11.6 Å². The molecule has 310 valence electrons. The third-order valence-electron chi connectivity index (χ3n) is 9.82. The monoisotopic (exact) mass is 801 g/mol. The summed E-state index contributed by atoms with van der Waals surface area (Å²) in [6.07, 6.45) is -1.17. The molecular formula is C41H51N7O10. The van der Waals surface area contributed by atoms with Crippen molar-refractivity contribution in [2.75, 3.05) is 0 Å². The van der Waals surface area contributed by atoms with Crippen LogP contribution in [0.2, 0.25) is 0 Å². The number of aromatic nitrogens is 2. The number of aliphatic hydroxyl groups is 1. The molecule has 0 saturated carbocycles. The van der Waals surface area contributed by atoms with Crippen molar-refractivity contribution >= 4 is 46.2 Å². The molecule has 7 N–H and O–H groups in total. The van der Waals surface area contributed by atoms with E-state index >= 15 is 0 Å². The Morgan fingerprint density at radius 1 is 0.966 bits per heavy atom. The highest BCUT2D eigenvalue weighted by atomic mass is 16.6. The zero-order valence-electron chi connectivity index (χ0n) is 33.3. The van der Waals surface area contributed by atoms with Gasteiger partial charge in [0.25, 0.3) is 5.69 Å². The molecule has 4 rings (SSSR count). The minimum absolute atomic E-state index is 0.0967. The molecule has 17 nitrogen and oxygen atoms in total. The molecule has 4 amide bonds. The number of fused-ring (bicyclic) bond motifs is 1. The third-order valence-corrected chi connectivity index (χ3v) is 9.82. The second-order valence-corrected chi connectivity index (χ2v) is 15.2. The lowest BCUT2D eigenvalue weighted by Gasteiger charge is -2.44. The van der Waals surface area contributed by atoms with Crippen LogP contribution in [0.25, 0.3) is 10.8 Å². The second kappa shape index (κ2) is 18.8. The van der Waals surface area contributed by atoms with Crippen LogP contribution in [0.3, 0.4) is 0 Å². The van der Waals surface area contributed by atoms with Crippen molar-refractivity contribution in [3.05, 3.63) is 106 Å². The number of aliphatic hydroxyl groups excluding tert-OH is 1. The number of nitro benzene ring substituents is 1. The largest absolute Gasteiger partial charge is 0.479 e. The van der Waals surface area contributed by atoms with Gasteiger partial charge in [-0.25, -0.2) is 19.5 Å². The molecule has 1 heterocycles. The van der Waals surface area contributed by atoms with Gasteiger partial charge in [0.15, 0.2) is 5.54 Å². The second-order valence-electron chi connectivity index (χ2n) is 15.2. The Bertz CT molecular complexity index is 2090. The molecule has 0 fully saturated rings. The first-order valence-corrected chi connectivity index (χ1v) is 18.8. The maximum absolute atomic E-state index is 14.8. The lowest BCUT2D eigenvalue weighted by atomic mass is 9.74. The van der Waals surface area contributed by atoms with Crippen LogP contribution >= 0.6 is 0 Å². The summed E-state index contributed by atoms with van der Waals surface area (Å²) in [7, 11) is 0. The third kappa shape index (κ3) is 10.4. The molecule has 0 aliphatic heterocycles. The molecule has 6 atom stereocenters. The first-order valence-electron chi connectivity index (χ1n) is 18.8. The Hall–Kier alpha value is -6.20. The Morgan fingerprint density at radius 3 is 2.19 bits per heavy atom. The first-order chi connectivity index (χ1) is 27.3. The lowest BCUT2D eigenvalue weighted by Crippen LogP contribution is -2.62. The number of carbonyl (C=O) groups is 5. The number of aromatic amines is 1. The van der Waals surface area contributed by atoms with E-state index in [1.807, 2.05) is 0 Å². The molecule has 0 saturated heterocycles. The number of carbonyl (C=O) groups excluding carboxylic acids is 4. The number of benzene rings is 3. The van der Waals surface area contributed by atoms with Gasteiger partial charge in [0.2, 0.25) is 17.7 Å². The van der Waals surface area contributed by atoms with Crippen molar-refractivity contribution in [3.8, 4) is 0 Å². The van der Waals surface area contributed by atoms with Crippen LogP contribution in [0, 0.1) is 16.0 Å². The van der Waals surface area contributed by atoms with E-state index < -0.39 is 82.4 Å². The zero-order chi connectivity index (χ0) is 42.9. The van der Waals surface area contributed by atoms with Gasteiger partial charge in [-0.15, -0.1) is 0 Å². The quantitative estimate of drug-likeness (QED) is 0.0651. The Morgan fingerprint density at radius 2 is 1.62 bits per heavy atom. The number of nitrogens with zero attached hydrogens (tertiary/aromatic N) is 3. The number of aliphatic carboxylic acids is 1. The summed E-state index contributed by atoms with van der Waals surface area (Å²) in [6, 6.07) is 13.6. The number of hydrogen-bond acceptors (Lipinski definition) is 11. The van der Waals surface area contributed by atoms with Gasteiger partial charge in [-0.05, 0) is 61.9 Å². The predicted octanol–water partition coefficient (Wildman–Crippen LogP) is 4.11. The molecule has 3 aromatic carbocycles. The first kappa shape index (κ1) is 44.5. The van der Waals surface area contributed by atoms with Crippen LogP contribution in [0.5, 0.6) is 0 Å². The zero-order valence-corrected chi connectivity index (χ0v) is 33.3. The summed E-state index contributed by atoms with van der Waals surface area (Å²) in [6.45, 7) is 9.43. The van der Waals surface area contributed by atoms with Crippen molar-refractivity contribution in [1.29, 1.82) is 0 Å². The fraction of sp³-hybridized carbons (Fsp3) is 0.415. The van der Waals surface area contributed by atoms with E-state index in [0.29, 0.717) is 26.9 Å². The van der Waals surface area contributed by atoms with Crippen molar-refractivity contribution in [2.24, 2.45) is 11.7 Å². The smallest absolute Gasteiger partial charge is 0.418 e. The number of non-ortho nitro benzene ring substituents is 1. The molecule has 0 radical (unpaired) electrons. The summed E-state index contributed by atoms with van der Waals surface area (Å²) < 4.78 is 5.71. The number of rotatable bonds is 17. The van der Waals surface area contributed by atoms with Crippen LogP contribution < -0.4 is 16.4 Å². The molecule has 1 aromatic heterocycles. The molecular weight excluding hydrogens is 750 g/mol. The summed E-state index contributed by atoms with van der Waals surface area (Å²) in [5, 5.41) is 41.0. The molecule has 4 aromatic rings. The minimum atomic E-state index is -2.36. The van der Waals surface area contributed by atoms with E-state index in [-0.39, 0.29) is 30.5 Å². The minimum Gasteiger partial charge on any atom is -0.479 e. The number of carboxylic acid groups (broad SMARTS) is 1. The summed E-state index contributed by atoms with van der Waals surface area (Å²) in [5.74, 6) is -5.01. The summed E-state index contributed by atoms with van der Waals surface area (Å²) in [4.78, 5) is 88.0. The van der Waals surface area contributed by atoms with Gasteiger partial charge in [-0.3, -0.25) is 24.5 Å². The average Bonchev–Trinajstić information content (AvgIpc) is 3.68. The van der Waals surface area contributed by atoms with E-state index in [1.54, 1.807) is 71.0 Å². The van der Waals surface area contributed by atoms with Crippen LogP contribution in [-0.4, -0.2) is 89.6 Å². The van der Waals surface area contributed by atoms with Crippen molar-refractivity contribution in [3.63, 3.8) is 0 Å². The van der Waals surface area contributed by atoms with Gasteiger partial charge in [-0.1, -0.05) is 74.9 Å². The normalized spacial score (nSPS) is 15.2. The number of hydrogen-bond donors (Lipinski definition) is 6. The molecule has 0 aliphatic rings. The van der Waals surface area contributed by atoms with Crippen LogP contribution in [-0.2, 0) is 42.3 Å². The number of nitrogens with one attached hydrogen (secondary N) is 3. The lowest BCUT2D eigenvalue weighted by molar-refractivity contribution is -0.384. The predicted molar refractivity (Wildman–Crippen MR) is 213 cm³/mol. The van der Waals surface area contributed by atoms with Gasteiger partial charge in [0, 0.05) is 24.8 Å². The van der Waals surface area contributed by atoms with Gasteiger partial charge in [0.05, 0.1) is 41.6 Å². The fourth-order valence-corrected chi connectivity index (χ4v) is 6.74. The van der Waals surface area contributed by atoms with Crippen molar-refractivity contribution in [2.45, 2.75) is 103 Å². The van der Waals surface area contributed by atoms with E-state index in [0.717, 1.165) is 0 Å². The number of imide groups is 1. The van der Waals surface area contributed by atoms with Gasteiger partial charge < -0.3 is 36.3 Å². The molecule has 2 unspecified atom stereocenters. The highest BCUT2D eigenvalue weighted by molar-refractivity contribution is 6.02. The number of nitrogens with two attached hydrogens (primary N) is 1. The topological polar surface area (TPSA) is 260 Å². The van der Waals surface area contributed by atoms with E-state index in [1.165, 1.54) is 49.8 Å². The maximum atomic E-state index is 14.8. The van der Waals surface area contributed by atoms with Crippen LogP contribution in [0.4, 0.5) is 10.5 Å². The van der Waals surface area contributed by atoms with Crippen molar-refractivity contribution < 1.29 is 43.8 Å². The standard InChI is InChI=1S/C41H51N7O10/c1-7-24(2)41(38(53)54,31-14-10-12-27-11-8-9-13-30(27)31)47(39(55)58-40(4,5)6)35(50)21-34(49)32(19-26-15-17-29(18-16-26)48(56)57)45-37(52)33(46-36(51)25(3)42)20-28-22-43-23-44-28/h8-18,22-25,32-34,49H,7,19-21,42H2,1-6H3,(H,43,44)(H,45,52)(H,46,51)(H,53,54)/t24-,25?,32-,33-,34?,41+/m0/s1. The number of ether oxygens (including phenoxy) is 1.